The average molecular weight is 320 g/mol. The van der Waals surface area contributed by atoms with Crippen molar-refractivity contribution in [3.63, 3.8) is 0 Å². The summed E-state index contributed by atoms with van der Waals surface area (Å²) in [6.45, 7) is 1.75. The van der Waals surface area contributed by atoms with Gasteiger partial charge in [-0.05, 0) is 37.5 Å². The van der Waals surface area contributed by atoms with Crippen LogP contribution in [0.2, 0.25) is 5.02 Å². The number of hydrogen-bond acceptors (Lipinski definition) is 4. The zero-order valence-corrected chi connectivity index (χ0v) is 13.2. The Kier molecular flexibility index (Phi) is 5.68. The number of nitrogens with one attached hydrogen (secondary N) is 1. The van der Waals surface area contributed by atoms with Crippen molar-refractivity contribution in [1.29, 1.82) is 5.26 Å². The molecule has 22 heavy (non-hydrogen) atoms. The molecule has 1 saturated heterocycles. The van der Waals surface area contributed by atoms with E-state index in [-0.39, 0.29) is 5.57 Å². The summed E-state index contributed by atoms with van der Waals surface area (Å²) in [4.78, 5) is 14.3. The zero-order chi connectivity index (χ0) is 15.9. The van der Waals surface area contributed by atoms with Crippen LogP contribution < -0.4 is 10.1 Å². The molecule has 0 saturated carbocycles. The fourth-order valence-electron chi connectivity index (χ4n) is 2.34. The normalized spacial score (nSPS) is 15.1. The molecular weight excluding hydrogens is 302 g/mol. The van der Waals surface area contributed by atoms with Gasteiger partial charge in [-0.2, -0.15) is 5.26 Å². The van der Waals surface area contributed by atoms with Gasteiger partial charge in [-0.25, -0.2) is 0 Å². The molecule has 0 aromatic heterocycles. The van der Waals surface area contributed by atoms with Crippen LogP contribution in [0.3, 0.4) is 0 Å². The first kappa shape index (κ1) is 16.2. The van der Waals surface area contributed by atoms with Gasteiger partial charge in [0.1, 0.15) is 17.4 Å². The van der Waals surface area contributed by atoms with Crippen LogP contribution in [0.15, 0.2) is 30.0 Å². The lowest BCUT2D eigenvalue weighted by atomic mass is 10.1. The van der Waals surface area contributed by atoms with E-state index in [1.807, 2.05) is 11.0 Å². The number of carbonyl (C=O) groups excluding carboxylic acids is 1. The molecule has 1 aromatic rings. The van der Waals surface area contributed by atoms with E-state index in [1.165, 1.54) is 13.5 Å². The van der Waals surface area contributed by atoms with E-state index in [0.717, 1.165) is 25.9 Å². The average Bonchev–Trinajstić information content (AvgIpc) is 2.53. The van der Waals surface area contributed by atoms with Gasteiger partial charge in [0.2, 0.25) is 0 Å². The second kappa shape index (κ2) is 7.71. The van der Waals surface area contributed by atoms with Crippen molar-refractivity contribution in [2.24, 2.45) is 0 Å². The molecule has 0 unspecified atom stereocenters. The van der Waals surface area contributed by atoms with E-state index >= 15 is 0 Å². The van der Waals surface area contributed by atoms with Gasteiger partial charge in [-0.15, -0.1) is 0 Å². The smallest absolute Gasteiger partial charge is 0.267 e. The Labute approximate surface area is 135 Å². The maximum atomic E-state index is 12.3. The van der Waals surface area contributed by atoms with Crippen molar-refractivity contribution in [3.8, 4) is 11.8 Å². The van der Waals surface area contributed by atoms with Gasteiger partial charge in [-0.3, -0.25) is 4.79 Å². The number of methoxy groups -OCH3 is 1. The molecule has 1 N–H and O–H groups in total. The largest absolute Gasteiger partial charge is 0.495 e. The molecular formula is C16H18ClN3O2. The third kappa shape index (κ3) is 4.15. The van der Waals surface area contributed by atoms with Crippen molar-refractivity contribution in [3.05, 3.63) is 35.0 Å². The van der Waals surface area contributed by atoms with Crippen LogP contribution in [0.25, 0.3) is 0 Å². The van der Waals surface area contributed by atoms with Crippen LogP contribution >= 0.6 is 11.6 Å². The molecule has 2 rings (SSSR count). The molecule has 0 spiro atoms. The highest BCUT2D eigenvalue weighted by Crippen LogP contribution is 2.28. The van der Waals surface area contributed by atoms with Gasteiger partial charge in [0.15, 0.2) is 0 Å². The van der Waals surface area contributed by atoms with Crippen LogP contribution in [0.5, 0.6) is 5.75 Å². The Bertz CT molecular complexity index is 616. The fourth-order valence-corrected chi connectivity index (χ4v) is 2.51. The zero-order valence-electron chi connectivity index (χ0n) is 12.4. The van der Waals surface area contributed by atoms with Gasteiger partial charge in [0, 0.05) is 24.3 Å². The second-order valence-electron chi connectivity index (χ2n) is 5.05. The highest BCUT2D eigenvalue weighted by Gasteiger charge is 2.15. The van der Waals surface area contributed by atoms with Gasteiger partial charge in [0.25, 0.3) is 5.91 Å². The van der Waals surface area contributed by atoms with Crippen molar-refractivity contribution >= 4 is 23.2 Å². The molecule has 116 valence electrons. The number of hydrogen-bond donors (Lipinski definition) is 1. The first-order valence-electron chi connectivity index (χ1n) is 7.15. The number of anilines is 1. The standard InChI is InChI=1S/C16H18ClN3O2/c1-22-15-6-5-13(17)9-14(15)19-16(21)12(10-18)11-20-7-3-2-4-8-20/h5-6,9,11H,2-4,7-8H2,1H3,(H,19,21)/b12-11-. The predicted octanol–water partition coefficient (Wildman–Crippen LogP) is 3.18. The van der Waals surface area contributed by atoms with Crippen molar-refractivity contribution in [2.75, 3.05) is 25.5 Å². The predicted molar refractivity (Wildman–Crippen MR) is 85.8 cm³/mol. The molecule has 1 aliphatic heterocycles. The lowest BCUT2D eigenvalue weighted by Gasteiger charge is -2.25. The molecule has 1 heterocycles. The second-order valence-corrected chi connectivity index (χ2v) is 5.49. The number of nitriles is 1. The van der Waals surface area contributed by atoms with Crippen LogP contribution in [0.4, 0.5) is 5.69 Å². The molecule has 0 atom stereocenters. The first-order valence-corrected chi connectivity index (χ1v) is 7.52. The third-order valence-corrected chi connectivity index (χ3v) is 3.71. The van der Waals surface area contributed by atoms with Gasteiger partial charge in [0.05, 0.1) is 12.8 Å². The van der Waals surface area contributed by atoms with Crippen LogP contribution in [-0.2, 0) is 4.79 Å². The van der Waals surface area contributed by atoms with Gasteiger partial charge in [-0.1, -0.05) is 11.6 Å². The van der Waals surface area contributed by atoms with Crippen LogP contribution in [0.1, 0.15) is 19.3 Å². The van der Waals surface area contributed by atoms with Crippen LogP contribution in [-0.4, -0.2) is 31.0 Å². The number of halogens is 1. The molecule has 1 fully saturated rings. The van der Waals surface area contributed by atoms with Crippen LogP contribution in [0, 0.1) is 11.3 Å². The van der Waals surface area contributed by atoms with Crippen molar-refractivity contribution in [1.82, 2.24) is 4.90 Å². The fraction of sp³-hybridized carbons (Fsp3) is 0.375. The minimum atomic E-state index is -0.464. The lowest BCUT2D eigenvalue weighted by molar-refractivity contribution is -0.112. The number of piperidine rings is 1. The summed E-state index contributed by atoms with van der Waals surface area (Å²) in [7, 11) is 1.51. The quantitative estimate of drug-likeness (QED) is 0.684. The summed E-state index contributed by atoms with van der Waals surface area (Å²) in [6.07, 6.45) is 4.99. The molecule has 0 bridgehead atoms. The molecule has 1 aromatic carbocycles. The van der Waals surface area contributed by atoms with E-state index in [9.17, 15) is 10.1 Å². The number of benzene rings is 1. The number of rotatable bonds is 4. The topological polar surface area (TPSA) is 65.4 Å². The number of likely N-dealkylation sites (tertiary alicyclic amines) is 1. The monoisotopic (exact) mass is 319 g/mol. The molecule has 1 amide bonds. The number of ether oxygens (including phenoxy) is 1. The molecule has 5 nitrogen and oxygen atoms in total. The third-order valence-electron chi connectivity index (χ3n) is 3.48. The van der Waals surface area contributed by atoms with E-state index in [1.54, 1.807) is 24.4 Å². The van der Waals surface area contributed by atoms with E-state index < -0.39 is 5.91 Å². The number of nitrogens with zero attached hydrogens (tertiary/aromatic N) is 2. The van der Waals surface area contributed by atoms with E-state index in [0.29, 0.717) is 16.5 Å². The van der Waals surface area contributed by atoms with E-state index in [4.69, 9.17) is 16.3 Å². The Balaban J connectivity index is 2.14. The van der Waals surface area contributed by atoms with Gasteiger partial charge < -0.3 is 15.0 Å². The highest BCUT2D eigenvalue weighted by molar-refractivity contribution is 6.31. The number of carbonyl (C=O) groups is 1. The first-order chi connectivity index (χ1) is 10.6. The maximum Gasteiger partial charge on any atom is 0.267 e. The lowest BCUT2D eigenvalue weighted by Crippen LogP contribution is -2.26. The Morgan fingerprint density at radius 3 is 2.77 bits per heavy atom. The Hall–Kier alpha value is -2.19. The van der Waals surface area contributed by atoms with Crippen molar-refractivity contribution < 1.29 is 9.53 Å². The Morgan fingerprint density at radius 1 is 1.41 bits per heavy atom. The SMILES string of the molecule is COc1ccc(Cl)cc1NC(=O)/C(C#N)=C\N1CCCCC1. The summed E-state index contributed by atoms with van der Waals surface area (Å²) in [6, 6.07) is 6.88. The van der Waals surface area contributed by atoms with E-state index in [2.05, 4.69) is 5.32 Å². The Morgan fingerprint density at radius 2 is 2.14 bits per heavy atom. The summed E-state index contributed by atoms with van der Waals surface area (Å²) in [5.74, 6) is 0.0293. The summed E-state index contributed by atoms with van der Waals surface area (Å²) in [5.41, 5.74) is 0.517. The summed E-state index contributed by atoms with van der Waals surface area (Å²) < 4.78 is 5.18. The number of amides is 1. The maximum absolute atomic E-state index is 12.3. The van der Waals surface area contributed by atoms with Crippen molar-refractivity contribution in [2.45, 2.75) is 19.3 Å². The summed E-state index contributed by atoms with van der Waals surface area (Å²) in [5, 5.41) is 12.4. The minimum absolute atomic E-state index is 0.0731. The highest BCUT2D eigenvalue weighted by atomic mass is 35.5. The molecule has 6 heteroatoms. The molecule has 0 radical (unpaired) electrons. The molecule has 0 aliphatic carbocycles. The summed E-state index contributed by atoms with van der Waals surface area (Å²) >= 11 is 5.93. The van der Waals surface area contributed by atoms with Gasteiger partial charge >= 0.3 is 0 Å². The minimum Gasteiger partial charge on any atom is -0.495 e. The molecule has 1 aliphatic rings.